The van der Waals surface area contributed by atoms with Gasteiger partial charge in [0.05, 0.1) is 0 Å². The van der Waals surface area contributed by atoms with E-state index in [2.05, 4.69) is 41.2 Å². The van der Waals surface area contributed by atoms with Crippen LogP contribution in [0.15, 0.2) is 22.7 Å². The van der Waals surface area contributed by atoms with Crippen molar-refractivity contribution in [2.24, 2.45) is 5.41 Å². The van der Waals surface area contributed by atoms with Crippen molar-refractivity contribution < 1.29 is 0 Å². The fraction of sp³-hybridized carbons (Fsp3) is 0.600. The molecule has 0 spiro atoms. The normalized spacial score (nSPS) is 23.0. The number of halogens is 2. The van der Waals surface area contributed by atoms with Gasteiger partial charge < -0.3 is 5.32 Å². The van der Waals surface area contributed by atoms with Crippen LogP contribution in [0.5, 0.6) is 0 Å². The van der Waals surface area contributed by atoms with E-state index >= 15 is 0 Å². The summed E-state index contributed by atoms with van der Waals surface area (Å²) in [5, 5.41) is 4.50. The van der Waals surface area contributed by atoms with E-state index in [1.807, 2.05) is 12.1 Å². The van der Waals surface area contributed by atoms with Crippen molar-refractivity contribution in [3.05, 3.63) is 33.3 Å². The lowest BCUT2D eigenvalue weighted by molar-refractivity contribution is 0.198. The van der Waals surface area contributed by atoms with Crippen molar-refractivity contribution in [1.29, 1.82) is 0 Å². The van der Waals surface area contributed by atoms with Crippen LogP contribution < -0.4 is 5.32 Å². The van der Waals surface area contributed by atoms with Crippen LogP contribution in [0.25, 0.3) is 0 Å². The Morgan fingerprint density at radius 1 is 1.44 bits per heavy atom. The first kappa shape index (κ1) is 14.4. The molecular formula is C15H21BrClN. The van der Waals surface area contributed by atoms with Crippen LogP contribution in [0.3, 0.4) is 0 Å². The largest absolute Gasteiger partial charge is 0.310 e. The molecule has 1 aromatic carbocycles. The molecule has 1 N–H and O–H groups in total. The van der Waals surface area contributed by atoms with E-state index in [1.54, 1.807) is 0 Å². The van der Waals surface area contributed by atoms with E-state index in [0.717, 1.165) is 16.0 Å². The number of rotatable bonds is 3. The summed E-state index contributed by atoms with van der Waals surface area (Å²) in [4.78, 5) is 0. The van der Waals surface area contributed by atoms with Gasteiger partial charge in [-0.05, 0) is 48.4 Å². The van der Waals surface area contributed by atoms with Gasteiger partial charge in [-0.1, -0.05) is 47.8 Å². The Labute approximate surface area is 123 Å². The number of hydrogen-bond acceptors (Lipinski definition) is 1. The second-order valence-electron chi connectivity index (χ2n) is 6.07. The van der Waals surface area contributed by atoms with Crippen LogP contribution in [0.4, 0.5) is 0 Å². The molecule has 100 valence electrons. The molecule has 0 aromatic heterocycles. The van der Waals surface area contributed by atoms with Crippen molar-refractivity contribution in [3.8, 4) is 0 Å². The standard InChI is InChI=1S/C15H21BrClN/c1-15(2)7-3-4-13(9-15)18-10-11-8-12(16)5-6-14(11)17/h5-6,8,13,18H,3-4,7,9-10H2,1-2H3. The Morgan fingerprint density at radius 2 is 2.22 bits per heavy atom. The van der Waals surface area contributed by atoms with Crippen molar-refractivity contribution in [1.82, 2.24) is 5.32 Å². The highest BCUT2D eigenvalue weighted by molar-refractivity contribution is 9.10. The first-order valence-electron chi connectivity index (χ1n) is 6.64. The molecule has 1 unspecified atom stereocenters. The molecule has 2 rings (SSSR count). The Bertz CT molecular complexity index is 417. The van der Waals surface area contributed by atoms with Gasteiger partial charge >= 0.3 is 0 Å². The molecule has 0 aliphatic heterocycles. The van der Waals surface area contributed by atoms with Crippen LogP contribution in [0.2, 0.25) is 5.02 Å². The summed E-state index contributed by atoms with van der Waals surface area (Å²) in [6, 6.07) is 6.66. The third-order valence-electron chi connectivity index (χ3n) is 3.79. The van der Waals surface area contributed by atoms with Gasteiger partial charge in [0.1, 0.15) is 0 Å². The zero-order chi connectivity index (χ0) is 13.2. The summed E-state index contributed by atoms with van der Waals surface area (Å²) in [6.07, 6.45) is 5.23. The van der Waals surface area contributed by atoms with E-state index in [9.17, 15) is 0 Å². The highest BCUT2D eigenvalue weighted by Crippen LogP contribution is 2.35. The molecule has 1 aliphatic rings. The summed E-state index contributed by atoms with van der Waals surface area (Å²) >= 11 is 9.70. The number of benzene rings is 1. The lowest BCUT2D eigenvalue weighted by Gasteiger charge is -2.35. The first-order valence-corrected chi connectivity index (χ1v) is 7.81. The van der Waals surface area contributed by atoms with Gasteiger partial charge in [-0.2, -0.15) is 0 Å². The molecule has 1 aromatic rings. The molecule has 1 atom stereocenters. The van der Waals surface area contributed by atoms with Crippen molar-refractivity contribution in [2.75, 3.05) is 0 Å². The summed E-state index contributed by atoms with van der Waals surface area (Å²) in [5.41, 5.74) is 1.66. The molecule has 0 saturated heterocycles. The lowest BCUT2D eigenvalue weighted by atomic mass is 9.75. The maximum Gasteiger partial charge on any atom is 0.0451 e. The smallest absolute Gasteiger partial charge is 0.0451 e. The van der Waals surface area contributed by atoms with Gasteiger partial charge in [-0.15, -0.1) is 0 Å². The van der Waals surface area contributed by atoms with Crippen LogP contribution >= 0.6 is 27.5 Å². The third-order valence-corrected chi connectivity index (χ3v) is 4.66. The van der Waals surface area contributed by atoms with Gasteiger partial charge in [0, 0.05) is 22.1 Å². The van der Waals surface area contributed by atoms with E-state index in [4.69, 9.17) is 11.6 Å². The van der Waals surface area contributed by atoms with Crippen LogP contribution in [0.1, 0.15) is 45.1 Å². The van der Waals surface area contributed by atoms with Gasteiger partial charge in [-0.3, -0.25) is 0 Å². The zero-order valence-corrected chi connectivity index (χ0v) is 13.4. The van der Waals surface area contributed by atoms with Crippen molar-refractivity contribution >= 4 is 27.5 Å². The Kier molecular flexibility index (Phi) is 4.74. The molecule has 0 heterocycles. The van der Waals surface area contributed by atoms with Crippen LogP contribution in [-0.4, -0.2) is 6.04 Å². The molecule has 0 amide bonds. The topological polar surface area (TPSA) is 12.0 Å². The lowest BCUT2D eigenvalue weighted by Crippen LogP contribution is -2.36. The average Bonchev–Trinajstić information content (AvgIpc) is 2.29. The van der Waals surface area contributed by atoms with Crippen LogP contribution in [-0.2, 0) is 6.54 Å². The van der Waals surface area contributed by atoms with E-state index in [0.29, 0.717) is 11.5 Å². The molecule has 0 bridgehead atoms. The Balaban J connectivity index is 1.93. The van der Waals surface area contributed by atoms with Gasteiger partial charge in [0.15, 0.2) is 0 Å². The summed E-state index contributed by atoms with van der Waals surface area (Å²) < 4.78 is 1.09. The van der Waals surface area contributed by atoms with E-state index in [-0.39, 0.29) is 0 Å². The second kappa shape index (κ2) is 5.94. The molecule has 1 saturated carbocycles. The van der Waals surface area contributed by atoms with Crippen molar-refractivity contribution in [3.63, 3.8) is 0 Å². The van der Waals surface area contributed by atoms with Crippen LogP contribution in [0, 0.1) is 5.41 Å². The molecule has 1 fully saturated rings. The molecular weight excluding hydrogens is 310 g/mol. The minimum Gasteiger partial charge on any atom is -0.310 e. The van der Waals surface area contributed by atoms with Gasteiger partial charge in [0.2, 0.25) is 0 Å². The predicted molar refractivity (Wildman–Crippen MR) is 82.0 cm³/mol. The summed E-state index contributed by atoms with van der Waals surface area (Å²) in [5.74, 6) is 0. The molecule has 18 heavy (non-hydrogen) atoms. The monoisotopic (exact) mass is 329 g/mol. The van der Waals surface area contributed by atoms with Gasteiger partial charge in [-0.25, -0.2) is 0 Å². The summed E-state index contributed by atoms with van der Waals surface area (Å²) in [7, 11) is 0. The molecule has 3 heteroatoms. The minimum atomic E-state index is 0.483. The fourth-order valence-corrected chi connectivity index (χ4v) is 3.40. The maximum absolute atomic E-state index is 6.21. The Hall–Kier alpha value is -0.0500. The Morgan fingerprint density at radius 3 is 2.94 bits per heavy atom. The highest BCUT2D eigenvalue weighted by Gasteiger charge is 2.27. The maximum atomic E-state index is 6.21. The van der Waals surface area contributed by atoms with E-state index < -0.39 is 0 Å². The highest BCUT2D eigenvalue weighted by atomic mass is 79.9. The average molecular weight is 331 g/mol. The minimum absolute atomic E-state index is 0.483. The third kappa shape index (κ3) is 3.97. The summed E-state index contributed by atoms with van der Waals surface area (Å²) in [6.45, 7) is 5.60. The molecule has 1 nitrogen and oxygen atoms in total. The number of hydrogen-bond donors (Lipinski definition) is 1. The van der Waals surface area contributed by atoms with Crippen molar-refractivity contribution in [2.45, 2.75) is 52.1 Å². The van der Waals surface area contributed by atoms with Gasteiger partial charge in [0.25, 0.3) is 0 Å². The SMILES string of the molecule is CC1(C)CCCC(NCc2cc(Br)ccc2Cl)C1. The van der Waals surface area contributed by atoms with E-state index in [1.165, 1.54) is 31.2 Å². The zero-order valence-electron chi connectivity index (χ0n) is 11.1. The first-order chi connectivity index (χ1) is 8.46. The molecule has 0 radical (unpaired) electrons. The fourth-order valence-electron chi connectivity index (χ4n) is 2.81. The molecule has 1 aliphatic carbocycles. The predicted octanol–water partition coefficient (Wildman–Crippen LogP) is 5.16. The second-order valence-corrected chi connectivity index (χ2v) is 7.40. The number of nitrogens with one attached hydrogen (secondary N) is 1. The quantitative estimate of drug-likeness (QED) is 0.807.